The first-order valence-corrected chi connectivity index (χ1v) is 8.25. The van der Waals surface area contributed by atoms with E-state index in [2.05, 4.69) is 9.97 Å². The van der Waals surface area contributed by atoms with Crippen LogP contribution in [0.25, 0.3) is 11.3 Å². The van der Waals surface area contributed by atoms with Crippen molar-refractivity contribution in [1.29, 1.82) is 0 Å². The minimum atomic E-state index is -0.267. The second-order valence-corrected chi connectivity index (χ2v) is 6.04. The van der Waals surface area contributed by atoms with Gasteiger partial charge in [-0.2, -0.15) is 0 Å². The minimum Gasteiger partial charge on any atom is -0.497 e. The lowest BCUT2D eigenvalue weighted by Gasteiger charge is -2.06. The highest BCUT2D eigenvalue weighted by Crippen LogP contribution is 2.23. The predicted molar refractivity (Wildman–Crippen MR) is 92.8 cm³/mol. The average molecular weight is 342 g/mol. The van der Waals surface area contributed by atoms with Crippen LogP contribution in [0, 0.1) is 5.82 Å². The molecule has 0 bridgehead atoms. The van der Waals surface area contributed by atoms with Crippen molar-refractivity contribution in [2.75, 3.05) is 7.11 Å². The predicted octanol–water partition coefficient (Wildman–Crippen LogP) is 3.88. The van der Waals surface area contributed by atoms with Crippen LogP contribution in [0.3, 0.4) is 0 Å². The first-order chi connectivity index (χ1) is 11.6. The van der Waals surface area contributed by atoms with Crippen molar-refractivity contribution >= 4 is 11.8 Å². The highest BCUT2D eigenvalue weighted by molar-refractivity contribution is 7.98. The Balaban J connectivity index is 1.80. The summed E-state index contributed by atoms with van der Waals surface area (Å²) >= 11 is 1.40. The van der Waals surface area contributed by atoms with Gasteiger partial charge < -0.3 is 9.72 Å². The van der Waals surface area contributed by atoms with Gasteiger partial charge in [0, 0.05) is 17.4 Å². The molecule has 0 unspecified atom stereocenters. The highest BCUT2D eigenvalue weighted by Gasteiger charge is 2.06. The van der Waals surface area contributed by atoms with Crippen LogP contribution in [0.5, 0.6) is 5.75 Å². The van der Waals surface area contributed by atoms with Crippen LogP contribution >= 0.6 is 11.8 Å². The lowest BCUT2D eigenvalue weighted by atomic mass is 10.1. The lowest BCUT2D eigenvalue weighted by Crippen LogP contribution is -2.08. The molecule has 1 aromatic heterocycles. The average Bonchev–Trinajstić information content (AvgIpc) is 2.61. The standard InChI is InChI=1S/C18H15FN2O2S/c1-23-15-8-4-13(5-9-15)16-10-17(22)21-18(20-16)24-11-12-2-6-14(19)7-3-12/h2-10H,11H2,1H3,(H,20,21,22). The van der Waals surface area contributed by atoms with Gasteiger partial charge in [-0.15, -0.1) is 0 Å². The van der Waals surface area contributed by atoms with Crippen LogP contribution in [0.1, 0.15) is 5.56 Å². The molecule has 1 heterocycles. The minimum absolute atomic E-state index is 0.211. The molecule has 2 aromatic carbocycles. The van der Waals surface area contributed by atoms with Crippen LogP contribution in [0.2, 0.25) is 0 Å². The van der Waals surface area contributed by atoms with Crippen molar-refractivity contribution in [3.63, 3.8) is 0 Å². The third kappa shape index (κ3) is 4.02. The molecule has 1 N–H and O–H groups in total. The maximum atomic E-state index is 12.9. The summed E-state index contributed by atoms with van der Waals surface area (Å²) in [6.45, 7) is 0. The Morgan fingerprint density at radius 2 is 1.83 bits per heavy atom. The van der Waals surface area contributed by atoms with Crippen LogP contribution < -0.4 is 10.3 Å². The smallest absolute Gasteiger partial charge is 0.252 e. The number of hydrogen-bond acceptors (Lipinski definition) is 4. The number of rotatable bonds is 5. The Bertz CT molecular complexity index is 877. The summed E-state index contributed by atoms with van der Waals surface area (Å²) in [4.78, 5) is 19.1. The molecule has 0 atom stereocenters. The monoisotopic (exact) mass is 342 g/mol. The van der Waals surface area contributed by atoms with Gasteiger partial charge >= 0.3 is 0 Å². The van der Waals surface area contributed by atoms with E-state index in [9.17, 15) is 9.18 Å². The lowest BCUT2D eigenvalue weighted by molar-refractivity contribution is 0.415. The van der Waals surface area contributed by atoms with Crippen LogP contribution in [0.15, 0.2) is 64.5 Å². The molecular formula is C18H15FN2O2S. The Morgan fingerprint density at radius 3 is 2.50 bits per heavy atom. The topological polar surface area (TPSA) is 55.0 Å². The Hall–Kier alpha value is -2.60. The van der Waals surface area contributed by atoms with Crippen molar-refractivity contribution in [3.05, 3.63) is 76.3 Å². The molecule has 4 nitrogen and oxygen atoms in total. The molecule has 0 amide bonds. The van der Waals surface area contributed by atoms with E-state index in [1.807, 2.05) is 24.3 Å². The van der Waals surface area contributed by atoms with Crippen LogP contribution in [-0.2, 0) is 5.75 Å². The molecule has 0 fully saturated rings. The maximum absolute atomic E-state index is 12.9. The van der Waals surface area contributed by atoms with Gasteiger partial charge in [0.1, 0.15) is 11.6 Å². The fourth-order valence-corrected chi connectivity index (χ4v) is 2.98. The maximum Gasteiger partial charge on any atom is 0.252 e. The Labute approximate surface area is 142 Å². The third-order valence-electron chi connectivity index (χ3n) is 3.39. The SMILES string of the molecule is COc1ccc(-c2cc(=O)[nH]c(SCc3ccc(F)cc3)n2)cc1. The number of methoxy groups -OCH3 is 1. The summed E-state index contributed by atoms with van der Waals surface area (Å²) < 4.78 is 18.1. The third-order valence-corrected chi connectivity index (χ3v) is 4.34. The molecule has 0 spiro atoms. The molecule has 0 saturated carbocycles. The number of hydrogen-bond donors (Lipinski definition) is 1. The first-order valence-electron chi connectivity index (χ1n) is 7.27. The van der Waals surface area contributed by atoms with Gasteiger partial charge in [-0.05, 0) is 42.0 Å². The Morgan fingerprint density at radius 1 is 1.12 bits per heavy atom. The summed E-state index contributed by atoms with van der Waals surface area (Å²) in [6, 6.07) is 15.1. The van der Waals surface area contributed by atoms with Crippen LogP contribution in [0.4, 0.5) is 4.39 Å². The van der Waals surface area contributed by atoms with Crippen molar-refractivity contribution in [3.8, 4) is 17.0 Å². The zero-order chi connectivity index (χ0) is 16.9. The summed E-state index contributed by atoms with van der Waals surface area (Å²) in [5, 5.41) is 0.526. The largest absolute Gasteiger partial charge is 0.497 e. The van der Waals surface area contributed by atoms with Gasteiger partial charge in [-0.25, -0.2) is 9.37 Å². The van der Waals surface area contributed by atoms with Gasteiger partial charge in [-0.3, -0.25) is 4.79 Å². The van der Waals surface area contributed by atoms with E-state index in [4.69, 9.17) is 4.74 Å². The van der Waals surface area contributed by atoms with Gasteiger partial charge in [0.15, 0.2) is 5.16 Å². The second kappa shape index (κ2) is 7.31. The molecule has 3 rings (SSSR count). The summed E-state index contributed by atoms with van der Waals surface area (Å²) in [6.07, 6.45) is 0. The molecule has 0 saturated heterocycles. The number of halogens is 1. The van der Waals surface area contributed by atoms with E-state index >= 15 is 0 Å². The summed E-state index contributed by atoms with van der Waals surface area (Å²) in [7, 11) is 1.60. The van der Waals surface area contributed by atoms with Crippen molar-refractivity contribution in [1.82, 2.24) is 9.97 Å². The van der Waals surface area contributed by atoms with Crippen molar-refractivity contribution in [2.45, 2.75) is 10.9 Å². The van der Waals surface area contributed by atoms with Crippen molar-refractivity contribution in [2.24, 2.45) is 0 Å². The molecule has 24 heavy (non-hydrogen) atoms. The summed E-state index contributed by atoms with van der Waals surface area (Å²) in [5.41, 5.74) is 2.19. The van der Waals surface area contributed by atoms with E-state index in [-0.39, 0.29) is 11.4 Å². The Kier molecular flexibility index (Phi) is 4.96. The first kappa shape index (κ1) is 16.3. The molecule has 0 radical (unpaired) electrons. The number of thioether (sulfide) groups is 1. The zero-order valence-electron chi connectivity index (χ0n) is 13.0. The van der Waals surface area contributed by atoms with E-state index in [0.717, 1.165) is 16.9 Å². The number of aromatic nitrogens is 2. The number of benzene rings is 2. The zero-order valence-corrected chi connectivity index (χ0v) is 13.8. The van der Waals surface area contributed by atoms with E-state index < -0.39 is 0 Å². The number of H-pyrrole nitrogens is 1. The quantitative estimate of drug-likeness (QED) is 0.565. The number of ether oxygens (including phenoxy) is 1. The van der Waals surface area contributed by atoms with E-state index in [1.54, 1.807) is 19.2 Å². The van der Waals surface area contributed by atoms with Gasteiger partial charge in [0.2, 0.25) is 0 Å². The van der Waals surface area contributed by atoms with Crippen molar-refractivity contribution < 1.29 is 9.13 Å². The molecule has 0 aliphatic heterocycles. The molecular weight excluding hydrogens is 327 g/mol. The molecule has 0 aliphatic carbocycles. The normalized spacial score (nSPS) is 10.6. The number of nitrogens with one attached hydrogen (secondary N) is 1. The van der Waals surface area contributed by atoms with Gasteiger partial charge in [0.05, 0.1) is 12.8 Å². The fourth-order valence-electron chi connectivity index (χ4n) is 2.15. The number of aromatic amines is 1. The fraction of sp³-hybridized carbons (Fsp3) is 0.111. The van der Waals surface area contributed by atoms with Gasteiger partial charge in [0.25, 0.3) is 5.56 Å². The molecule has 122 valence electrons. The van der Waals surface area contributed by atoms with Crippen LogP contribution in [-0.4, -0.2) is 17.1 Å². The molecule has 0 aliphatic rings. The molecule has 3 aromatic rings. The van der Waals surface area contributed by atoms with E-state index in [1.165, 1.54) is 30.0 Å². The van der Waals surface area contributed by atoms with E-state index in [0.29, 0.717) is 16.6 Å². The van der Waals surface area contributed by atoms with Gasteiger partial charge in [-0.1, -0.05) is 23.9 Å². The summed E-state index contributed by atoms with van der Waals surface area (Å²) in [5.74, 6) is 1.07. The molecule has 6 heteroatoms. The highest BCUT2D eigenvalue weighted by atomic mass is 32.2. The number of nitrogens with zero attached hydrogens (tertiary/aromatic N) is 1. The second-order valence-electron chi connectivity index (χ2n) is 5.08.